The standard InChI is InChI=1S/C12H19NO3S/c1-16-12(15)9-4-6-13(7-5-9)11(14)10-3-2-8-17-10/h9-10H,2-8H2,1H3. The lowest BCUT2D eigenvalue weighted by molar-refractivity contribution is -0.148. The summed E-state index contributed by atoms with van der Waals surface area (Å²) in [6.45, 7) is 1.41. The quantitative estimate of drug-likeness (QED) is 0.699. The molecular weight excluding hydrogens is 238 g/mol. The van der Waals surface area contributed by atoms with E-state index in [2.05, 4.69) is 0 Å². The third kappa shape index (κ3) is 2.94. The van der Waals surface area contributed by atoms with Crippen LogP contribution in [0.25, 0.3) is 0 Å². The number of amides is 1. The average Bonchev–Trinajstić information content (AvgIpc) is 2.91. The molecule has 2 aliphatic rings. The average molecular weight is 257 g/mol. The SMILES string of the molecule is COC(=O)C1CCN(C(=O)C2CCCS2)CC1. The molecule has 0 N–H and O–H groups in total. The van der Waals surface area contributed by atoms with Gasteiger partial charge in [-0.05, 0) is 31.4 Å². The van der Waals surface area contributed by atoms with Crippen molar-refractivity contribution in [3.05, 3.63) is 0 Å². The van der Waals surface area contributed by atoms with Crippen molar-refractivity contribution in [3.8, 4) is 0 Å². The van der Waals surface area contributed by atoms with Gasteiger partial charge in [-0.2, -0.15) is 0 Å². The normalized spacial score (nSPS) is 25.9. The number of carbonyl (C=O) groups excluding carboxylic acids is 2. The molecule has 5 heteroatoms. The van der Waals surface area contributed by atoms with Crippen molar-refractivity contribution in [2.24, 2.45) is 5.92 Å². The maximum absolute atomic E-state index is 12.1. The van der Waals surface area contributed by atoms with E-state index in [1.807, 2.05) is 4.90 Å². The predicted octanol–water partition coefficient (Wildman–Crippen LogP) is 1.29. The van der Waals surface area contributed by atoms with Gasteiger partial charge in [0.1, 0.15) is 0 Å². The van der Waals surface area contributed by atoms with Crippen LogP contribution < -0.4 is 0 Å². The number of esters is 1. The largest absolute Gasteiger partial charge is 0.469 e. The van der Waals surface area contributed by atoms with E-state index in [1.54, 1.807) is 11.8 Å². The van der Waals surface area contributed by atoms with Gasteiger partial charge in [-0.1, -0.05) is 0 Å². The van der Waals surface area contributed by atoms with E-state index < -0.39 is 0 Å². The van der Waals surface area contributed by atoms with Gasteiger partial charge in [0.2, 0.25) is 5.91 Å². The number of piperidine rings is 1. The van der Waals surface area contributed by atoms with Crippen LogP contribution in [-0.4, -0.2) is 48.0 Å². The third-order valence-corrected chi connectivity index (χ3v) is 4.91. The summed E-state index contributed by atoms with van der Waals surface area (Å²) in [6.07, 6.45) is 3.66. The van der Waals surface area contributed by atoms with E-state index in [9.17, 15) is 9.59 Å². The zero-order chi connectivity index (χ0) is 12.3. The van der Waals surface area contributed by atoms with Crippen molar-refractivity contribution in [1.82, 2.24) is 4.90 Å². The van der Waals surface area contributed by atoms with Crippen LogP contribution in [0.15, 0.2) is 0 Å². The van der Waals surface area contributed by atoms with Crippen LogP contribution in [0.5, 0.6) is 0 Å². The first-order valence-corrected chi connectivity index (χ1v) is 7.25. The molecule has 2 rings (SSSR count). The summed E-state index contributed by atoms with van der Waals surface area (Å²) in [6, 6.07) is 0. The molecule has 0 spiro atoms. The lowest BCUT2D eigenvalue weighted by Gasteiger charge is -2.32. The minimum Gasteiger partial charge on any atom is -0.469 e. The summed E-state index contributed by atoms with van der Waals surface area (Å²) in [5.74, 6) is 1.23. The second-order valence-corrected chi connectivity index (χ2v) is 5.93. The zero-order valence-electron chi connectivity index (χ0n) is 10.2. The Balaban J connectivity index is 1.82. The Hall–Kier alpha value is -0.710. The number of thioether (sulfide) groups is 1. The molecule has 1 atom stereocenters. The number of nitrogens with zero attached hydrogens (tertiary/aromatic N) is 1. The van der Waals surface area contributed by atoms with Gasteiger partial charge in [-0.25, -0.2) is 0 Å². The molecule has 0 bridgehead atoms. The fraction of sp³-hybridized carbons (Fsp3) is 0.833. The molecule has 2 heterocycles. The molecule has 0 saturated carbocycles. The fourth-order valence-electron chi connectivity index (χ4n) is 2.48. The first-order valence-electron chi connectivity index (χ1n) is 6.20. The lowest BCUT2D eigenvalue weighted by Crippen LogP contribution is -2.43. The zero-order valence-corrected chi connectivity index (χ0v) is 11.0. The number of ether oxygens (including phenoxy) is 1. The van der Waals surface area contributed by atoms with E-state index in [-0.39, 0.29) is 23.0 Å². The van der Waals surface area contributed by atoms with Crippen LogP contribution in [-0.2, 0) is 14.3 Å². The van der Waals surface area contributed by atoms with Gasteiger partial charge in [0.05, 0.1) is 18.3 Å². The highest BCUT2D eigenvalue weighted by atomic mass is 32.2. The van der Waals surface area contributed by atoms with Crippen LogP contribution in [0.3, 0.4) is 0 Å². The van der Waals surface area contributed by atoms with Crippen LogP contribution in [0.1, 0.15) is 25.7 Å². The summed E-state index contributed by atoms with van der Waals surface area (Å²) < 4.78 is 4.74. The monoisotopic (exact) mass is 257 g/mol. The third-order valence-electron chi connectivity index (χ3n) is 3.55. The number of carbonyl (C=O) groups is 2. The minimum absolute atomic E-state index is 0.0136. The van der Waals surface area contributed by atoms with Crippen molar-refractivity contribution in [2.45, 2.75) is 30.9 Å². The lowest BCUT2D eigenvalue weighted by atomic mass is 9.96. The molecule has 96 valence electrons. The topological polar surface area (TPSA) is 46.6 Å². The summed E-state index contributed by atoms with van der Waals surface area (Å²) in [7, 11) is 1.43. The van der Waals surface area contributed by atoms with Crippen molar-refractivity contribution < 1.29 is 14.3 Å². The second-order valence-electron chi connectivity index (χ2n) is 4.62. The molecule has 0 aromatic heterocycles. The van der Waals surface area contributed by atoms with E-state index in [0.29, 0.717) is 13.1 Å². The molecule has 2 fully saturated rings. The highest BCUT2D eigenvalue weighted by molar-refractivity contribution is 8.00. The maximum atomic E-state index is 12.1. The number of hydrogen-bond donors (Lipinski definition) is 0. The smallest absolute Gasteiger partial charge is 0.308 e. The van der Waals surface area contributed by atoms with Gasteiger partial charge in [-0.15, -0.1) is 11.8 Å². The number of rotatable bonds is 2. The fourth-order valence-corrected chi connectivity index (χ4v) is 3.72. The molecule has 0 radical (unpaired) electrons. The highest BCUT2D eigenvalue weighted by Crippen LogP contribution is 2.29. The Kier molecular flexibility index (Phi) is 4.31. The predicted molar refractivity (Wildman–Crippen MR) is 66.8 cm³/mol. The van der Waals surface area contributed by atoms with Crippen LogP contribution in [0.4, 0.5) is 0 Å². The van der Waals surface area contributed by atoms with Crippen molar-refractivity contribution in [2.75, 3.05) is 26.0 Å². The molecule has 2 saturated heterocycles. The van der Waals surface area contributed by atoms with Crippen LogP contribution >= 0.6 is 11.8 Å². The Morgan fingerprint density at radius 2 is 1.94 bits per heavy atom. The molecule has 4 nitrogen and oxygen atoms in total. The van der Waals surface area contributed by atoms with E-state index in [1.165, 1.54) is 7.11 Å². The molecule has 1 amide bonds. The number of methoxy groups -OCH3 is 1. The summed E-state index contributed by atoms with van der Waals surface area (Å²) in [5.41, 5.74) is 0. The molecule has 17 heavy (non-hydrogen) atoms. The number of likely N-dealkylation sites (tertiary alicyclic amines) is 1. The Morgan fingerprint density at radius 3 is 2.47 bits per heavy atom. The molecule has 0 aromatic carbocycles. The Morgan fingerprint density at radius 1 is 1.24 bits per heavy atom. The molecule has 0 aliphatic carbocycles. The van der Waals surface area contributed by atoms with E-state index in [0.717, 1.165) is 31.4 Å². The van der Waals surface area contributed by atoms with E-state index in [4.69, 9.17) is 4.74 Å². The molecular formula is C12H19NO3S. The first-order chi connectivity index (χ1) is 8.22. The van der Waals surface area contributed by atoms with Gasteiger partial charge in [-0.3, -0.25) is 9.59 Å². The van der Waals surface area contributed by atoms with Gasteiger partial charge < -0.3 is 9.64 Å². The highest BCUT2D eigenvalue weighted by Gasteiger charge is 2.32. The first kappa shape index (κ1) is 12.7. The number of hydrogen-bond acceptors (Lipinski definition) is 4. The summed E-state index contributed by atoms with van der Waals surface area (Å²) in [5, 5.41) is 0.171. The van der Waals surface area contributed by atoms with Crippen LogP contribution in [0, 0.1) is 5.92 Å². The molecule has 2 aliphatic heterocycles. The Labute approximate surface area is 106 Å². The van der Waals surface area contributed by atoms with Gasteiger partial charge in [0.15, 0.2) is 0 Å². The van der Waals surface area contributed by atoms with Crippen molar-refractivity contribution >= 4 is 23.6 Å². The van der Waals surface area contributed by atoms with Gasteiger partial charge in [0, 0.05) is 13.1 Å². The second kappa shape index (κ2) is 5.76. The van der Waals surface area contributed by atoms with Gasteiger partial charge >= 0.3 is 5.97 Å². The summed E-state index contributed by atoms with van der Waals surface area (Å²) >= 11 is 1.77. The van der Waals surface area contributed by atoms with E-state index >= 15 is 0 Å². The molecule has 0 aromatic rings. The van der Waals surface area contributed by atoms with Crippen molar-refractivity contribution in [3.63, 3.8) is 0 Å². The van der Waals surface area contributed by atoms with Crippen LogP contribution in [0.2, 0.25) is 0 Å². The maximum Gasteiger partial charge on any atom is 0.308 e. The van der Waals surface area contributed by atoms with Gasteiger partial charge in [0.25, 0.3) is 0 Å². The Bertz CT molecular complexity index is 294. The summed E-state index contributed by atoms with van der Waals surface area (Å²) in [4.78, 5) is 25.4. The van der Waals surface area contributed by atoms with Crippen molar-refractivity contribution in [1.29, 1.82) is 0 Å². The molecule has 1 unspecified atom stereocenters. The minimum atomic E-state index is -0.132.